The third kappa shape index (κ3) is 2.40. The second-order valence-electron chi connectivity index (χ2n) is 10.1. The first kappa shape index (κ1) is 17.8. The number of halogens is 1. The first-order chi connectivity index (χ1) is 14.0. The van der Waals surface area contributed by atoms with E-state index in [0.29, 0.717) is 35.5 Å². The number of carbonyl (C=O) groups excluding carboxylic acids is 1. The Hall–Kier alpha value is -2.01. The molecule has 0 spiro atoms. The largest absolute Gasteiger partial charge is 0.392 e. The van der Waals surface area contributed by atoms with Gasteiger partial charge in [-0.05, 0) is 74.7 Å². The standard InChI is InChI=1S/C24H27FN2O2/c1-13(28)22-15-5-14-6-16(22)10-24(8-14,9-15)21(29)7-19-23-17(3-2-4-18(23)25)20-11-26-12-27(19)20/h2-4,11-12,14-16,19,21-22,29H,5-10H2,1H3. The van der Waals surface area contributed by atoms with Gasteiger partial charge in [0.25, 0.3) is 0 Å². The molecule has 1 aliphatic heterocycles. The van der Waals surface area contributed by atoms with E-state index in [4.69, 9.17) is 0 Å². The van der Waals surface area contributed by atoms with E-state index in [-0.39, 0.29) is 23.2 Å². The average Bonchev–Trinajstić information content (AvgIpc) is 3.24. The van der Waals surface area contributed by atoms with E-state index >= 15 is 0 Å². The van der Waals surface area contributed by atoms with E-state index in [1.165, 1.54) is 6.07 Å². The number of imidazole rings is 1. The minimum absolute atomic E-state index is 0.114. The summed E-state index contributed by atoms with van der Waals surface area (Å²) >= 11 is 0. The van der Waals surface area contributed by atoms with Gasteiger partial charge < -0.3 is 9.67 Å². The maximum Gasteiger partial charge on any atom is 0.133 e. The lowest BCUT2D eigenvalue weighted by atomic mass is 9.44. The van der Waals surface area contributed by atoms with Gasteiger partial charge in [-0.1, -0.05) is 12.1 Å². The summed E-state index contributed by atoms with van der Waals surface area (Å²) in [6.07, 6.45) is 8.79. The third-order valence-electron chi connectivity index (χ3n) is 8.61. The lowest BCUT2D eigenvalue weighted by Gasteiger charge is -2.61. The van der Waals surface area contributed by atoms with E-state index in [0.717, 1.165) is 43.4 Å². The summed E-state index contributed by atoms with van der Waals surface area (Å²) in [4.78, 5) is 16.5. The van der Waals surface area contributed by atoms with Crippen molar-refractivity contribution in [3.8, 4) is 11.3 Å². The van der Waals surface area contributed by atoms with Crippen LogP contribution in [0.25, 0.3) is 11.3 Å². The molecule has 152 valence electrons. The maximum atomic E-state index is 14.8. The van der Waals surface area contributed by atoms with Crippen molar-refractivity contribution in [3.05, 3.63) is 42.1 Å². The molecule has 4 bridgehead atoms. The van der Waals surface area contributed by atoms with Gasteiger partial charge in [-0.25, -0.2) is 9.37 Å². The Bertz CT molecular complexity index is 983. The van der Waals surface area contributed by atoms with Gasteiger partial charge in [-0.2, -0.15) is 0 Å². The van der Waals surface area contributed by atoms with Crippen LogP contribution >= 0.6 is 0 Å². The molecule has 0 saturated heterocycles. The molecular formula is C24H27FN2O2. The van der Waals surface area contributed by atoms with Gasteiger partial charge in [0.1, 0.15) is 11.6 Å². The summed E-state index contributed by atoms with van der Waals surface area (Å²) in [5, 5.41) is 11.5. The van der Waals surface area contributed by atoms with Crippen LogP contribution in [0.1, 0.15) is 57.1 Å². The normalized spacial score (nSPS) is 37.4. The number of Topliss-reactive ketones (excluding diaryl/α,β-unsaturated/α-hetero) is 1. The number of hydrogen-bond acceptors (Lipinski definition) is 3. The molecule has 4 aliphatic carbocycles. The smallest absolute Gasteiger partial charge is 0.133 e. The highest BCUT2D eigenvalue weighted by Gasteiger charge is 2.59. The van der Waals surface area contributed by atoms with Crippen LogP contribution in [0, 0.1) is 34.9 Å². The fourth-order valence-electron chi connectivity index (χ4n) is 7.85. The van der Waals surface area contributed by atoms with E-state index in [1.54, 1.807) is 25.5 Å². The molecule has 5 heteroatoms. The molecule has 0 radical (unpaired) electrons. The van der Waals surface area contributed by atoms with Gasteiger partial charge >= 0.3 is 0 Å². The van der Waals surface area contributed by atoms with Crippen molar-refractivity contribution >= 4 is 5.78 Å². The van der Waals surface area contributed by atoms with Crippen molar-refractivity contribution in [2.45, 2.75) is 57.6 Å². The van der Waals surface area contributed by atoms with Gasteiger partial charge in [-0.15, -0.1) is 0 Å². The van der Waals surface area contributed by atoms with E-state index in [2.05, 4.69) is 4.98 Å². The molecular weight excluding hydrogens is 367 g/mol. The highest BCUT2D eigenvalue weighted by molar-refractivity contribution is 5.79. The molecule has 2 aromatic rings. The van der Waals surface area contributed by atoms with Crippen LogP contribution in [0.15, 0.2) is 30.7 Å². The number of rotatable bonds is 4. The number of carbonyl (C=O) groups is 1. The summed E-state index contributed by atoms with van der Waals surface area (Å²) in [6, 6.07) is 4.99. The molecule has 29 heavy (non-hydrogen) atoms. The van der Waals surface area contributed by atoms with Gasteiger partial charge in [0.05, 0.1) is 30.4 Å². The summed E-state index contributed by atoms with van der Waals surface area (Å²) in [5.41, 5.74) is 2.40. The van der Waals surface area contributed by atoms with Crippen molar-refractivity contribution in [2.24, 2.45) is 29.1 Å². The fraction of sp³-hybridized carbons (Fsp3) is 0.583. The fourth-order valence-corrected chi connectivity index (χ4v) is 7.85. The summed E-state index contributed by atoms with van der Waals surface area (Å²) in [7, 11) is 0. The molecule has 4 atom stereocenters. The zero-order valence-electron chi connectivity index (χ0n) is 16.7. The zero-order valence-corrected chi connectivity index (χ0v) is 16.7. The summed E-state index contributed by atoms with van der Waals surface area (Å²) in [5.74, 6) is 1.80. The molecule has 4 fully saturated rings. The Morgan fingerprint density at radius 1 is 1.31 bits per heavy atom. The van der Waals surface area contributed by atoms with Crippen LogP contribution in [-0.2, 0) is 4.79 Å². The molecule has 1 N–H and O–H groups in total. The lowest BCUT2D eigenvalue weighted by molar-refractivity contribution is -0.162. The molecule has 5 aliphatic rings. The lowest BCUT2D eigenvalue weighted by Crippen LogP contribution is -2.56. The van der Waals surface area contributed by atoms with Crippen molar-refractivity contribution in [3.63, 3.8) is 0 Å². The molecule has 4 unspecified atom stereocenters. The van der Waals surface area contributed by atoms with Crippen LogP contribution in [0.4, 0.5) is 4.39 Å². The summed E-state index contributed by atoms with van der Waals surface area (Å²) < 4.78 is 16.8. The number of aromatic nitrogens is 2. The van der Waals surface area contributed by atoms with Crippen LogP contribution in [0.2, 0.25) is 0 Å². The number of benzene rings is 1. The minimum atomic E-state index is -0.491. The first-order valence-corrected chi connectivity index (χ1v) is 11.0. The van der Waals surface area contributed by atoms with Crippen molar-refractivity contribution < 1.29 is 14.3 Å². The van der Waals surface area contributed by atoms with Crippen molar-refractivity contribution in [2.75, 3.05) is 0 Å². The SMILES string of the molecule is CC(=O)C1C2CC3CC1CC(C(O)CC1c4c(F)cccc4-c4cncn41)(C3)C2. The first-order valence-electron chi connectivity index (χ1n) is 11.0. The molecule has 4 saturated carbocycles. The quantitative estimate of drug-likeness (QED) is 0.838. The third-order valence-corrected chi connectivity index (χ3v) is 8.61. The predicted molar refractivity (Wildman–Crippen MR) is 107 cm³/mol. The molecule has 1 aromatic carbocycles. The van der Waals surface area contributed by atoms with E-state index in [1.807, 2.05) is 10.6 Å². The van der Waals surface area contributed by atoms with E-state index in [9.17, 15) is 14.3 Å². The van der Waals surface area contributed by atoms with Gasteiger partial charge in [0, 0.05) is 17.0 Å². The number of ketones is 1. The molecule has 4 nitrogen and oxygen atoms in total. The van der Waals surface area contributed by atoms with Gasteiger partial charge in [0.15, 0.2) is 0 Å². The second-order valence-corrected chi connectivity index (χ2v) is 10.1. The van der Waals surface area contributed by atoms with E-state index < -0.39 is 6.10 Å². The molecule has 0 amide bonds. The Balaban J connectivity index is 1.33. The van der Waals surface area contributed by atoms with Crippen LogP contribution < -0.4 is 0 Å². The van der Waals surface area contributed by atoms with Crippen molar-refractivity contribution in [1.82, 2.24) is 9.55 Å². The number of hydrogen-bond donors (Lipinski definition) is 1. The molecule has 1 aromatic heterocycles. The number of nitrogens with zero attached hydrogens (tertiary/aromatic N) is 2. The van der Waals surface area contributed by atoms with Crippen molar-refractivity contribution in [1.29, 1.82) is 0 Å². The monoisotopic (exact) mass is 394 g/mol. The Kier molecular flexibility index (Phi) is 3.69. The average molecular weight is 394 g/mol. The highest BCUT2D eigenvalue weighted by Crippen LogP contribution is 2.64. The second kappa shape index (κ2) is 6.00. The minimum Gasteiger partial charge on any atom is -0.392 e. The topological polar surface area (TPSA) is 55.1 Å². The van der Waals surface area contributed by atoms with Gasteiger partial charge in [-0.3, -0.25) is 4.79 Å². The van der Waals surface area contributed by atoms with Crippen LogP contribution in [0.3, 0.4) is 0 Å². The predicted octanol–water partition coefficient (Wildman–Crippen LogP) is 4.37. The molecule has 2 heterocycles. The maximum absolute atomic E-state index is 14.8. The van der Waals surface area contributed by atoms with Gasteiger partial charge in [0.2, 0.25) is 0 Å². The summed E-state index contributed by atoms with van der Waals surface area (Å²) in [6.45, 7) is 1.74. The van der Waals surface area contributed by atoms with Crippen LogP contribution in [-0.4, -0.2) is 26.5 Å². The molecule has 7 rings (SSSR count). The Labute approximate surface area is 170 Å². The Morgan fingerprint density at radius 3 is 2.79 bits per heavy atom. The number of fused-ring (bicyclic) bond motifs is 3. The number of aliphatic hydroxyl groups is 1. The Morgan fingerprint density at radius 2 is 2.07 bits per heavy atom. The van der Waals surface area contributed by atoms with Crippen LogP contribution in [0.5, 0.6) is 0 Å². The zero-order chi connectivity index (χ0) is 19.9. The number of aliphatic hydroxyl groups excluding tert-OH is 1. The highest BCUT2D eigenvalue weighted by atomic mass is 19.1.